The summed E-state index contributed by atoms with van der Waals surface area (Å²) >= 11 is 0. The second kappa shape index (κ2) is 9.80. The first kappa shape index (κ1) is 23.1. The normalized spacial score (nSPS) is 36.1. The van der Waals surface area contributed by atoms with Crippen LogP contribution in [0.1, 0.15) is 116 Å². The van der Waals surface area contributed by atoms with Gasteiger partial charge in [-0.15, -0.1) is 0 Å². The molecule has 0 aromatic rings. The molecular formula is C26H46N4O. The van der Waals surface area contributed by atoms with Crippen molar-refractivity contribution in [3.63, 3.8) is 0 Å². The van der Waals surface area contributed by atoms with Crippen LogP contribution in [0.15, 0.2) is 4.99 Å². The Morgan fingerprint density at radius 1 is 1.00 bits per heavy atom. The molecule has 3 aliphatic carbocycles. The molecule has 31 heavy (non-hydrogen) atoms. The van der Waals surface area contributed by atoms with Crippen LogP contribution in [0.25, 0.3) is 0 Å². The third-order valence-corrected chi connectivity index (χ3v) is 8.93. The topological polar surface area (TPSA) is 70.7 Å². The van der Waals surface area contributed by atoms with E-state index in [1.54, 1.807) is 11.9 Å². The van der Waals surface area contributed by atoms with Crippen molar-refractivity contribution in [3.05, 3.63) is 0 Å². The Labute approximate surface area is 190 Å². The van der Waals surface area contributed by atoms with Gasteiger partial charge in [-0.2, -0.15) is 0 Å². The lowest BCUT2D eigenvalue weighted by molar-refractivity contribution is -0.132. The number of nitrogens with two attached hydrogens (primary N) is 1. The number of nitrogens with zero attached hydrogens (tertiary/aromatic N) is 2. The Morgan fingerprint density at radius 3 is 2.29 bits per heavy atom. The summed E-state index contributed by atoms with van der Waals surface area (Å²) < 4.78 is 0. The molecule has 0 saturated heterocycles. The summed E-state index contributed by atoms with van der Waals surface area (Å²) in [5.41, 5.74) is 5.72. The molecule has 0 aromatic carbocycles. The minimum atomic E-state index is -0.627. The summed E-state index contributed by atoms with van der Waals surface area (Å²) in [6.45, 7) is 2.42. The van der Waals surface area contributed by atoms with Crippen LogP contribution < -0.4 is 11.1 Å². The fourth-order valence-corrected chi connectivity index (χ4v) is 7.23. The van der Waals surface area contributed by atoms with Crippen molar-refractivity contribution in [2.24, 2.45) is 22.1 Å². The van der Waals surface area contributed by atoms with E-state index in [1.807, 2.05) is 0 Å². The molecule has 0 spiro atoms. The van der Waals surface area contributed by atoms with E-state index >= 15 is 0 Å². The van der Waals surface area contributed by atoms with Crippen LogP contribution in [-0.4, -0.2) is 41.4 Å². The van der Waals surface area contributed by atoms with Crippen molar-refractivity contribution < 1.29 is 4.79 Å². The van der Waals surface area contributed by atoms with E-state index in [2.05, 4.69) is 12.2 Å². The highest BCUT2D eigenvalue weighted by atomic mass is 16.2. The maximum absolute atomic E-state index is 13.4. The SMILES string of the molecule is CN1C(=O)[C@@](CCC2CCCCC2)(C[C@]2(C)CCC[C@H](NC3CCCCC3)C2)N=C1N. The van der Waals surface area contributed by atoms with Gasteiger partial charge in [0.1, 0.15) is 5.54 Å². The quantitative estimate of drug-likeness (QED) is 0.588. The minimum absolute atomic E-state index is 0.143. The van der Waals surface area contributed by atoms with Crippen molar-refractivity contribution in [2.45, 2.75) is 134 Å². The zero-order valence-corrected chi connectivity index (χ0v) is 20.1. The summed E-state index contributed by atoms with van der Waals surface area (Å²) in [5.74, 6) is 1.33. The van der Waals surface area contributed by atoms with Gasteiger partial charge in [0.15, 0.2) is 5.96 Å². The van der Waals surface area contributed by atoms with Crippen LogP contribution in [0.3, 0.4) is 0 Å². The van der Waals surface area contributed by atoms with Crippen LogP contribution in [0.5, 0.6) is 0 Å². The Kier molecular flexibility index (Phi) is 7.30. The van der Waals surface area contributed by atoms with E-state index in [-0.39, 0.29) is 11.3 Å². The maximum atomic E-state index is 13.4. The first-order valence-electron chi connectivity index (χ1n) is 13.3. The molecule has 0 radical (unpaired) electrons. The van der Waals surface area contributed by atoms with Gasteiger partial charge in [0.2, 0.25) is 0 Å². The number of carbonyl (C=O) groups is 1. The number of hydrogen-bond donors (Lipinski definition) is 2. The lowest BCUT2D eigenvalue weighted by Crippen LogP contribution is -2.49. The Balaban J connectivity index is 1.44. The van der Waals surface area contributed by atoms with E-state index in [0.29, 0.717) is 18.0 Å². The molecule has 4 aliphatic rings. The molecular weight excluding hydrogens is 384 g/mol. The van der Waals surface area contributed by atoms with Crippen molar-refractivity contribution in [1.29, 1.82) is 0 Å². The fraction of sp³-hybridized carbons (Fsp3) is 0.923. The predicted molar refractivity (Wildman–Crippen MR) is 128 cm³/mol. The van der Waals surface area contributed by atoms with Gasteiger partial charge < -0.3 is 11.1 Å². The van der Waals surface area contributed by atoms with Crippen molar-refractivity contribution >= 4 is 11.9 Å². The molecule has 1 amide bonds. The maximum Gasteiger partial charge on any atom is 0.257 e. The molecule has 3 N–H and O–H groups in total. The Hall–Kier alpha value is -1.10. The van der Waals surface area contributed by atoms with Gasteiger partial charge in [-0.1, -0.05) is 64.7 Å². The number of amides is 1. The van der Waals surface area contributed by atoms with Gasteiger partial charge in [0, 0.05) is 19.1 Å². The highest BCUT2D eigenvalue weighted by Gasteiger charge is 2.51. The lowest BCUT2D eigenvalue weighted by atomic mass is 9.65. The van der Waals surface area contributed by atoms with Crippen molar-refractivity contribution in [3.8, 4) is 0 Å². The molecule has 5 nitrogen and oxygen atoms in total. The standard InChI is InChI=1S/C26H46N4O/c1-25(16-9-14-22(18-25)28-21-12-7-4-8-13-21)19-26(23(31)30(2)24(27)29-26)17-15-20-10-5-3-6-11-20/h20-22,28H,3-19H2,1-2H3,(H2,27,29)/t22-,25+,26+/m0/s1. The van der Waals surface area contributed by atoms with Crippen LogP contribution in [0.4, 0.5) is 0 Å². The number of aliphatic imine (C=N–C) groups is 1. The van der Waals surface area contributed by atoms with Gasteiger partial charge in [-0.25, -0.2) is 4.99 Å². The Morgan fingerprint density at radius 2 is 1.65 bits per heavy atom. The fourth-order valence-electron chi connectivity index (χ4n) is 7.23. The Bertz CT molecular complexity index is 652. The summed E-state index contributed by atoms with van der Waals surface area (Å²) in [5, 5.41) is 4.01. The first-order valence-corrected chi connectivity index (χ1v) is 13.3. The zero-order chi connectivity index (χ0) is 21.9. The molecule has 4 rings (SSSR count). The summed E-state index contributed by atoms with van der Waals surface area (Å²) in [4.78, 5) is 20.0. The molecule has 0 unspecified atom stereocenters. The summed E-state index contributed by atoms with van der Waals surface area (Å²) in [6, 6.07) is 1.29. The van der Waals surface area contributed by atoms with Gasteiger partial charge in [0.25, 0.3) is 5.91 Å². The second-order valence-electron chi connectivity index (χ2n) is 11.7. The van der Waals surface area contributed by atoms with Gasteiger partial charge in [-0.05, 0) is 62.7 Å². The first-order chi connectivity index (χ1) is 14.9. The number of carbonyl (C=O) groups excluding carboxylic acids is 1. The number of rotatable bonds is 7. The smallest absolute Gasteiger partial charge is 0.257 e. The molecule has 5 heteroatoms. The monoisotopic (exact) mass is 430 g/mol. The van der Waals surface area contributed by atoms with Crippen LogP contribution in [0, 0.1) is 11.3 Å². The molecule has 0 bridgehead atoms. The number of likely N-dealkylation sites (N-methyl/N-ethyl adjacent to an activating group) is 1. The molecule has 0 aromatic heterocycles. The molecule has 176 valence electrons. The van der Waals surface area contributed by atoms with E-state index in [4.69, 9.17) is 10.7 Å². The zero-order valence-electron chi connectivity index (χ0n) is 20.1. The lowest BCUT2D eigenvalue weighted by Gasteiger charge is -2.44. The third-order valence-electron chi connectivity index (χ3n) is 8.93. The molecule has 3 saturated carbocycles. The van der Waals surface area contributed by atoms with Crippen molar-refractivity contribution in [2.75, 3.05) is 7.05 Å². The van der Waals surface area contributed by atoms with E-state index in [0.717, 1.165) is 25.2 Å². The van der Waals surface area contributed by atoms with Crippen LogP contribution >= 0.6 is 0 Å². The number of nitrogens with one attached hydrogen (secondary N) is 1. The van der Waals surface area contributed by atoms with Crippen LogP contribution in [-0.2, 0) is 4.79 Å². The third kappa shape index (κ3) is 5.46. The van der Waals surface area contributed by atoms with Crippen molar-refractivity contribution in [1.82, 2.24) is 10.2 Å². The van der Waals surface area contributed by atoms with E-state index in [9.17, 15) is 4.79 Å². The molecule has 3 atom stereocenters. The van der Waals surface area contributed by atoms with E-state index in [1.165, 1.54) is 89.9 Å². The number of guanidine groups is 1. The highest BCUT2D eigenvalue weighted by Crippen LogP contribution is 2.47. The predicted octanol–water partition coefficient (Wildman–Crippen LogP) is 5.13. The molecule has 1 heterocycles. The van der Waals surface area contributed by atoms with Gasteiger partial charge in [-0.3, -0.25) is 9.69 Å². The largest absolute Gasteiger partial charge is 0.369 e. The molecule has 1 aliphatic heterocycles. The average molecular weight is 431 g/mol. The summed E-state index contributed by atoms with van der Waals surface area (Å²) in [7, 11) is 1.81. The highest BCUT2D eigenvalue weighted by molar-refractivity contribution is 6.06. The molecule has 3 fully saturated rings. The van der Waals surface area contributed by atoms with Crippen LogP contribution in [0.2, 0.25) is 0 Å². The number of hydrogen-bond acceptors (Lipinski definition) is 4. The van der Waals surface area contributed by atoms with E-state index < -0.39 is 5.54 Å². The minimum Gasteiger partial charge on any atom is -0.369 e. The van der Waals surface area contributed by atoms with Gasteiger partial charge in [0.05, 0.1) is 0 Å². The second-order valence-corrected chi connectivity index (χ2v) is 11.7. The van der Waals surface area contributed by atoms with Gasteiger partial charge >= 0.3 is 0 Å². The summed E-state index contributed by atoms with van der Waals surface area (Å²) in [6.07, 6.45) is 21.3. The average Bonchev–Trinajstić information content (AvgIpc) is 2.97.